The molecule has 2 saturated heterocycles. The molecule has 0 radical (unpaired) electrons. The zero-order valence-corrected chi connectivity index (χ0v) is 13.9. The summed E-state index contributed by atoms with van der Waals surface area (Å²) < 4.78 is 26.0. The highest BCUT2D eigenvalue weighted by Gasteiger charge is 2.50. The first-order chi connectivity index (χ1) is 11.9. The average molecular weight is 370 g/mol. The average Bonchev–Trinajstić information content (AvgIpc) is 2.62. The van der Waals surface area contributed by atoms with Crippen LogP contribution in [0.15, 0.2) is 0 Å². The first-order valence-corrected chi connectivity index (χ1v) is 7.85. The van der Waals surface area contributed by atoms with Crippen LogP contribution in [0.5, 0.6) is 0 Å². The maximum absolute atomic E-state index is 10.2. The van der Waals surface area contributed by atoms with Gasteiger partial charge in [0.2, 0.25) is 0 Å². The lowest BCUT2D eigenvalue weighted by molar-refractivity contribution is -0.358. The second-order valence-electron chi connectivity index (χ2n) is 5.95. The van der Waals surface area contributed by atoms with Crippen molar-refractivity contribution in [3.8, 4) is 0 Å². The number of ether oxygens (including phenoxy) is 5. The smallest absolute Gasteiger partial charge is 0.187 e. The van der Waals surface area contributed by atoms with Gasteiger partial charge in [-0.1, -0.05) is 0 Å². The summed E-state index contributed by atoms with van der Waals surface area (Å²) in [5, 5.41) is 59.3. The molecule has 0 aliphatic carbocycles. The van der Waals surface area contributed by atoms with Crippen LogP contribution in [-0.2, 0) is 23.7 Å². The third-order valence-corrected chi connectivity index (χ3v) is 4.44. The Bertz CT molecular complexity index is 406. The molecule has 148 valence electrons. The second-order valence-corrected chi connectivity index (χ2v) is 5.95. The monoisotopic (exact) mass is 370 g/mol. The molecule has 2 fully saturated rings. The van der Waals surface area contributed by atoms with Crippen molar-refractivity contribution in [3.05, 3.63) is 0 Å². The summed E-state index contributed by atoms with van der Waals surface area (Å²) >= 11 is 0. The van der Waals surface area contributed by atoms with Gasteiger partial charge in [-0.2, -0.15) is 0 Å². The molecule has 0 spiro atoms. The number of hydrogen-bond donors (Lipinski definition) is 6. The Kier molecular flexibility index (Phi) is 7.49. The Hall–Kier alpha value is -0.440. The predicted molar refractivity (Wildman–Crippen MR) is 78.2 cm³/mol. The van der Waals surface area contributed by atoms with Crippen LogP contribution in [-0.4, -0.2) is 119 Å². The fourth-order valence-electron chi connectivity index (χ4n) is 3.03. The Labute approximate surface area is 144 Å². The second kappa shape index (κ2) is 8.97. The third-order valence-electron chi connectivity index (χ3n) is 4.44. The summed E-state index contributed by atoms with van der Waals surface area (Å²) in [6.45, 7) is -1.08. The number of aliphatic hydroxyl groups is 6. The molecule has 10 atom stereocenters. The van der Waals surface area contributed by atoms with E-state index < -0.39 is 74.6 Å². The van der Waals surface area contributed by atoms with Crippen molar-refractivity contribution >= 4 is 0 Å². The van der Waals surface area contributed by atoms with Crippen molar-refractivity contribution in [2.45, 2.75) is 61.4 Å². The standard InChI is InChI=1S/C14H26O11/c1-21-11-5(3-15)24-14(10(20)7(11)17)25-12-6(4-16)23-13(22-2)9(19)8(12)18/h5-20H,3-4H2,1-2H3/t5?,6?,7-,8-,9-,10-,11-,12-,13+,14-/m1/s1. The lowest BCUT2D eigenvalue weighted by atomic mass is 9.97. The van der Waals surface area contributed by atoms with Crippen molar-refractivity contribution in [2.24, 2.45) is 0 Å². The minimum atomic E-state index is -1.56. The van der Waals surface area contributed by atoms with Gasteiger partial charge >= 0.3 is 0 Å². The van der Waals surface area contributed by atoms with Crippen molar-refractivity contribution in [1.82, 2.24) is 0 Å². The van der Waals surface area contributed by atoms with Gasteiger partial charge in [0, 0.05) is 14.2 Å². The fourth-order valence-corrected chi connectivity index (χ4v) is 3.03. The highest BCUT2D eigenvalue weighted by atomic mass is 16.7. The molecule has 2 aliphatic rings. The normalized spacial score (nSPS) is 48.5. The lowest BCUT2D eigenvalue weighted by Crippen LogP contribution is -2.64. The van der Waals surface area contributed by atoms with Gasteiger partial charge in [-0.05, 0) is 0 Å². The topological polar surface area (TPSA) is 168 Å². The molecule has 11 heteroatoms. The van der Waals surface area contributed by atoms with E-state index in [0.717, 1.165) is 0 Å². The van der Waals surface area contributed by atoms with Crippen LogP contribution in [0.3, 0.4) is 0 Å². The van der Waals surface area contributed by atoms with Gasteiger partial charge < -0.3 is 54.3 Å². The van der Waals surface area contributed by atoms with Crippen LogP contribution in [0.25, 0.3) is 0 Å². The summed E-state index contributed by atoms with van der Waals surface area (Å²) in [5.41, 5.74) is 0. The molecule has 0 saturated carbocycles. The van der Waals surface area contributed by atoms with Crippen molar-refractivity contribution < 1.29 is 54.3 Å². The third kappa shape index (κ3) is 4.12. The van der Waals surface area contributed by atoms with Crippen LogP contribution >= 0.6 is 0 Å². The molecule has 0 amide bonds. The van der Waals surface area contributed by atoms with E-state index >= 15 is 0 Å². The zero-order valence-electron chi connectivity index (χ0n) is 13.9. The van der Waals surface area contributed by atoms with Crippen LogP contribution in [0.4, 0.5) is 0 Å². The molecule has 0 aromatic carbocycles. The number of rotatable bonds is 6. The van der Waals surface area contributed by atoms with Gasteiger partial charge in [0.1, 0.15) is 48.8 Å². The van der Waals surface area contributed by atoms with E-state index in [4.69, 9.17) is 23.7 Å². The number of hydrogen-bond acceptors (Lipinski definition) is 11. The van der Waals surface area contributed by atoms with Gasteiger partial charge in [-0.25, -0.2) is 0 Å². The van der Waals surface area contributed by atoms with Crippen LogP contribution in [0.1, 0.15) is 0 Å². The molecule has 2 unspecified atom stereocenters. The highest BCUT2D eigenvalue weighted by molar-refractivity contribution is 4.94. The van der Waals surface area contributed by atoms with E-state index in [1.165, 1.54) is 14.2 Å². The fraction of sp³-hybridized carbons (Fsp3) is 1.00. The summed E-state index contributed by atoms with van der Waals surface area (Å²) in [6.07, 6.45) is -12.9. The maximum atomic E-state index is 10.2. The summed E-state index contributed by atoms with van der Waals surface area (Å²) in [7, 11) is 2.55. The van der Waals surface area contributed by atoms with E-state index in [-0.39, 0.29) is 0 Å². The Morgan fingerprint density at radius 2 is 1.16 bits per heavy atom. The first-order valence-electron chi connectivity index (χ1n) is 7.85. The molecular weight excluding hydrogens is 344 g/mol. The molecule has 2 heterocycles. The molecule has 2 rings (SSSR count). The number of aliphatic hydroxyl groups excluding tert-OH is 6. The SMILES string of the molecule is CO[C@H]1OC(CO)[C@@H](O[C@H]2OC(CO)[C@@H](OC)[C@H](O)[C@H]2O)[C@H](O)[C@H]1O. The van der Waals surface area contributed by atoms with Crippen molar-refractivity contribution in [2.75, 3.05) is 27.4 Å². The first kappa shape index (κ1) is 20.9. The molecule has 2 aliphatic heterocycles. The molecule has 0 aromatic heterocycles. The van der Waals surface area contributed by atoms with Gasteiger partial charge in [0.05, 0.1) is 13.2 Å². The summed E-state index contributed by atoms with van der Waals surface area (Å²) in [6, 6.07) is 0. The molecule has 11 nitrogen and oxygen atoms in total. The summed E-state index contributed by atoms with van der Waals surface area (Å²) in [4.78, 5) is 0. The van der Waals surface area contributed by atoms with Crippen molar-refractivity contribution in [3.63, 3.8) is 0 Å². The van der Waals surface area contributed by atoms with Gasteiger partial charge in [-0.3, -0.25) is 0 Å². The minimum Gasteiger partial charge on any atom is -0.394 e. The van der Waals surface area contributed by atoms with E-state index in [1.54, 1.807) is 0 Å². The van der Waals surface area contributed by atoms with Crippen LogP contribution in [0, 0.1) is 0 Å². The Balaban J connectivity index is 2.13. The van der Waals surface area contributed by atoms with E-state index in [0.29, 0.717) is 0 Å². The maximum Gasteiger partial charge on any atom is 0.187 e. The van der Waals surface area contributed by atoms with Crippen LogP contribution < -0.4 is 0 Å². The van der Waals surface area contributed by atoms with Gasteiger partial charge in [0.25, 0.3) is 0 Å². The summed E-state index contributed by atoms with van der Waals surface area (Å²) in [5.74, 6) is 0. The highest BCUT2D eigenvalue weighted by Crippen LogP contribution is 2.29. The molecule has 0 bridgehead atoms. The van der Waals surface area contributed by atoms with Crippen molar-refractivity contribution in [1.29, 1.82) is 0 Å². The Morgan fingerprint density at radius 1 is 0.680 bits per heavy atom. The zero-order chi connectivity index (χ0) is 18.7. The predicted octanol–water partition coefficient (Wildman–Crippen LogP) is -4.09. The number of methoxy groups -OCH3 is 2. The van der Waals surface area contributed by atoms with E-state index in [9.17, 15) is 30.6 Å². The molecule has 0 aromatic rings. The quantitative estimate of drug-likeness (QED) is 0.269. The Morgan fingerprint density at radius 3 is 1.68 bits per heavy atom. The van der Waals surface area contributed by atoms with Gasteiger partial charge in [-0.15, -0.1) is 0 Å². The van der Waals surface area contributed by atoms with E-state index in [1.807, 2.05) is 0 Å². The molecule has 6 N–H and O–H groups in total. The minimum absolute atomic E-state index is 0.510. The van der Waals surface area contributed by atoms with Crippen LogP contribution in [0.2, 0.25) is 0 Å². The van der Waals surface area contributed by atoms with Gasteiger partial charge in [0.15, 0.2) is 12.6 Å². The molecular formula is C14H26O11. The largest absolute Gasteiger partial charge is 0.394 e. The van der Waals surface area contributed by atoms with E-state index in [2.05, 4.69) is 0 Å². The molecule has 25 heavy (non-hydrogen) atoms. The lowest BCUT2D eigenvalue weighted by Gasteiger charge is -2.46.